The molecule has 0 unspecified atom stereocenters. The summed E-state index contributed by atoms with van der Waals surface area (Å²) in [7, 11) is -0.318. The van der Waals surface area contributed by atoms with Gasteiger partial charge in [-0.25, -0.2) is 0 Å². The summed E-state index contributed by atoms with van der Waals surface area (Å²) in [6.07, 6.45) is 0. The number of rotatable bonds is 3. The average Bonchev–Trinajstić information content (AvgIpc) is 2.48. The average molecular weight is 248 g/mol. The van der Waals surface area contributed by atoms with Crippen LogP contribution in [0.4, 0.5) is 0 Å². The lowest BCUT2D eigenvalue weighted by Crippen LogP contribution is -2.01. The zero-order valence-corrected chi connectivity index (χ0v) is 10.4. The second-order valence-electron chi connectivity index (χ2n) is 4.30. The summed E-state index contributed by atoms with van der Waals surface area (Å²) in [5.74, 6) is 0.696. The number of hydrogen-bond donors (Lipinski definition) is 1. The molecule has 0 radical (unpaired) electrons. The summed E-state index contributed by atoms with van der Waals surface area (Å²) in [6.45, 7) is 0. The van der Waals surface area contributed by atoms with Gasteiger partial charge in [-0.05, 0) is 22.4 Å². The van der Waals surface area contributed by atoms with Crippen LogP contribution in [0.2, 0.25) is 0 Å². The van der Waals surface area contributed by atoms with E-state index in [0.717, 1.165) is 11.1 Å². The van der Waals surface area contributed by atoms with Crippen LogP contribution in [0.25, 0.3) is 21.9 Å². The van der Waals surface area contributed by atoms with Gasteiger partial charge < -0.3 is 9.68 Å². The molecule has 3 aromatic rings. The molecule has 2 nitrogen and oxygen atoms in total. The van der Waals surface area contributed by atoms with Gasteiger partial charge in [0.05, 0.1) is 0 Å². The molecule has 0 aromatic heterocycles. The topological polar surface area (TPSA) is 29.5 Å². The summed E-state index contributed by atoms with van der Waals surface area (Å²) < 4.78 is 5.30. The summed E-state index contributed by atoms with van der Waals surface area (Å²) >= 11 is 0. The van der Waals surface area contributed by atoms with Crippen LogP contribution < -0.4 is 4.65 Å². The second-order valence-corrected chi connectivity index (χ2v) is 4.30. The molecule has 3 heteroatoms. The monoisotopic (exact) mass is 248 g/mol. The van der Waals surface area contributed by atoms with E-state index in [1.165, 1.54) is 10.8 Å². The van der Waals surface area contributed by atoms with Crippen molar-refractivity contribution in [2.45, 2.75) is 0 Å². The minimum atomic E-state index is -0.318. The van der Waals surface area contributed by atoms with E-state index in [1.807, 2.05) is 42.5 Å². The predicted octanol–water partition coefficient (Wildman–Crippen LogP) is 3.14. The van der Waals surface area contributed by atoms with Gasteiger partial charge in [0.2, 0.25) is 0 Å². The standard InChI is InChI=1S/C16H13BO2/c18-17-19-16-11-4-3-9-15(16)14-10-5-7-12-6-1-2-8-13(12)14/h1-11,17-18H. The number of para-hydroxylation sites is 1. The third-order valence-electron chi connectivity index (χ3n) is 3.19. The van der Waals surface area contributed by atoms with E-state index in [0.29, 0.717) is 5.75 Å². The molecule has 92 valence electrons. The van der Waals surface area contributed by atoms with E-state index in [4.69, 9.17) is 9.68 Å². The molecule has 0 saturated carbocycles. The fourth-order valence-corrected chi connectivity index (χ4v) is 2.34. The van der Waals surface area contributed by atoms with Crippen molar-refractivity contribution in [1.29, 1.82) is 0 Å². The molecular formula is C16H13BO2. The van der Waals surface area contributed by atoms with Crippen molar-refractivity contribution in [2.24, 2.45) is 0 Å². The molecule has 0 saturated heterocycles. The zero-order chi connectivity index (χ0) is 13.1. The van der Waals surface area contributed by atoms with Crippen molar-refractivity contribution in [3.63, 3.8) is 0 Å². The van der Waals surface area contributed by atoms with Crippen LogP contribution in [0.1, 0.15) is 0 Å². The third-order valence-corrected chi connectivity index (χ3v) is 3.19. The molecule has 0 amide bonds. The summed E-state index contributed by atoms with van der Waals surface area (Å²) in [5.41, 5.74) is 2.11. The minimum Gasteiger partial charge on any atom is -0.538 e. The molecule has 1 N–H and O–H groups in total. The zero-order valence-electron chi connectivity index (χ0n) is 10.4. The summed E-state index contributed by atoms with van der Waals surface area (Å²) in [4.78, 5) is 0. The van der Waals surface area contributed by atoms with Crippen molar-refractivity contribution in [3.8, 4) is 16.9 Å². The Kier molecular flexibility index (Phi) is 3.21. The number of fused-ring (bicyclic) bond motifs is 1. The highest BCUT2D eigenvalue weighted by atomic mass is 16.5. The van der Waals surface area contributed by atoms with Gasteiger partial charge in [-0.1, -0.05) is 60.7 Å². The summed E-state index contributed by atoms with van der Waals surface area (Å²) in [6, 6.07) is 22.2. The Balaban J connectivity index is 2.25. The fraction of sp³-hybridized carbons (Fsp3) is 0. The van der Waals surface area contributed by atoms with Gasteiger partial charge >= 0.3 is 7.69 Å². The van der Waals surface area contributed by atoms with E-state index in [2.05, 4.69) is 24.3 Å². The van der Waals surface area contributed by atoms with Gasteiger partial charge in [-0.2, -0.15) is 0 Å². The first-order valence-corrected chi connectivity index (χ1v) is 6.21. The van der Waals surface area contributed by atoms with E-state index < -0.39 is 0 Å². The molecular weight excluding hydrogens is 235 g/mol. The van der Waals surface area contributed by atoms with Gasteiger partial charge in [0.25, 0.3) is 0 Å². The lowest BCUT2D eigenvalue weighted by Gasteiger charge is -2.12. The highest BCUT2D eigenvalue weighted by Crippen LogP contribution is 2.34. The van der Waals surface area contributed by atoms with Crippen molar-refractivity contribution in [2.75, 3.05) is 0 Å². The van der Waals surface area contributed by atoms with Crippen molar-refractivity contribution >= 4 is 18.5 Å². The Morgan fingerprint density at radius 2 is 1.42 bits per heavy atom. The highest BCUT2D eigenvalue weighted by molar-refractivity contribution is 6.17. The maximum absolute atomic E-state index is 8.98. The molecule has 0 bridgehead atoms. The van der Waals surface area contributed by atoms with Crippen molar-refractivity contribution in [3.05, 3.63) is 66.7 Å². The number of benzene rings is 3. The quantitative estimate of drug-likeness (QED) is 0.721. The Labute approximate surface area is 112 Å². The van der Waals surface area contributed by atoms with Crippen LogP contribution in [0.15, 0.2) is 66.7 Å². The highest BCUT2D eigenvalue weighted by Gasteiger charge is 2.08. The molecule has 0 heterocycles. The lowest BCUT2D eigenvalue weighted by molar-refractivity contribution is 0.455. The van der Waals surface area contributed by atoms with E-state index >= 15 is 0 Å². The first kappa shape index (κ1) is 11.8. The van der Waals surface area contributed by atoms with Crippen LogP contribution in [0, 0.1) is 0 Å². The molecule has 0 aliphatic rings. The lowest BCUT2D eigenvalue weighted by atomic mass is 9.97. The molecule has 0 aliphatic carbocycles. The van der Waals surface area contributed by atoms with Crippen LogP contribution in [-0.2, 0) is 0 Å². The van der Waals surface area contributed by atoms with Gasteiger partial charge in [0.1, 0.15) is 5.75 Å². The normalized spacial score (nSPS) is 10.4. The Morgan fingerprint density at radius 3 is 2.32 bits per heavy atom. The molecule has 19 heavy (non-hydrogen) atoms. The second kappa shape index (κ2) is 5.16. The third kappa shape index (κ3) is 2.20. The molecule has 0 spiro atoms. The first-order chi connectivity index (χ1) is 9.40. The Morgan fingerprint density at radius 1 is 0.737 bits per heavy atom. The summed E-state index contributed by atoms with van der Waals surface area (Å²) in [5, 5.41) is 11.4. The largest absolute Gasteiger partial charge is 0.538 e. The van der Waals surface area contributed by atoms with Crippen LogP contribution in [0.5, 0.6) is 5.75 Å². The smallest absolute Gasteiger partial charge is 0.504 e. The van der Waals surface area contributed by atoms with E-state index in [9.17, 15) is 0 Å². The molecule has 3 rings (SSSR count). The van der Waals surface area contributed by atoms with E-state index in [-0.39, 0.29) is 7.69 Å². The van der Waals surface area contributed by atoms with Crippen molar-refractivity contribution in [1.82, 2.24) is 0 Å². The van der Waals surface area contributed by atoms with Crippen LogP contribution in [-0.4, -0.2) is 12.7 Å². The minimum absolute atomic E-state index is 0.318. The first-order valence-electron chi connectivity index (χ1n) is 6.21. The Bertz CT molecular complexity index is 704. The van der Waals surface area contributed by atoms with Crippen LogP contribution >= 0.6 is 0 Å². The number of hydrogen-bond acceptors (Lipinski definition) is 2. The van der Waals surface area contributed by atoms with Gasteiger partial charge in [-0.15, -0.1) is 0 Å². The molecule has 0 aliphatic heterocycles. The van der Waals surface area contributed by atoms with Crippen LogP contribution in [0.3, 0.4) is 0 Å². The fourth-order valence-electron chi connectivity index (χ4n) is 2.34. The predicted molar refractivity (Wildman–Crippen MR) is 79.4 cm³/mol. The SMILES string of the molecule is OBOc1ccccc1-c1cccc2ccccc12. The van der Waals surface area contributed by atoms with Crippen molar-refractivity contribution < 1.29 is 9.68 Å². The van der Waals surface area contributed by atoms with Gasteiger partial charge in [0, 0.05) is 5.56 Å². The van der Waals surface area contributed by atoms with E-state index in [1.54, 1.807) is 0 Å². The van der Waals surface area contributed by atoms with Gasteiger partial charge in [-0.3, -0.25) is 0 Å². The maximum atomic E-state index is 8.98. The molecule has 0 atom stereocenters. The molecule has 3 aromatic carbocycles. The van der Waals surface area contributed by atoms with Gasteiger partial charge in [0.15, 0.2) is 0 Å². The maximum Gasteiger partial charge on any atom is 0.504 e. The molecule has 0 fully saturated rings. The Hall–Kier alpha value is -2.26.